The van der Waals surface area contributed by atoms with Crippen molar-refractivity contribution in [3.63, 3.8) is 0 Å². The van der Waals surface area contributed by atoms with Crippen LogP contribution in [0.15, 0.2) is 34.8 Å². The Morgan fingerprint density at radius 2 is 2.05 bits per heavy atom. The fourth-order valence-corrected chi connectivity index (χ4v) is 3.13. The molecule has 0 bridgehead atoms. The number of hydrogen-bond donors (Lipinski definition) is 1. The number of rotatable bonds is 3. The van der Waals surface area contributed by atoms with Gasteiger partial charge in [0, 0.05) is 16.6 Å². The lowest BCUT2D eigenvalue weighted by atomic mass is 10.1. The third-order valence-corrected chi connectivity index (χ3v) is 4.03. The SMILES string of the molecule is Fc1cc(Cl)c(NCc2cccc3c2OCCO3)c(Br)c1. The maximum Gasteiger partial charge on any atom is 0.166 e. The second kappa shape index (κ2) is 6.12. The zero-order valence-corrected chi connectivity index (χ0v) is 13.3. The Hall–Kier alpha value is -1.46. The summed E-state index contributed by atoms with van der Waals surface area (Å²) in [6.45, 7) is 1.58. The summed E-state index contributed by atoms with van der Waals surface area (Å²) < 4.78 is 25.0. The van der Waals surface area contributed by atoms with Crippen molar-refractivity contribution in [1.82, 2.24) is 0 Å². The average molecular weight is 373 g/mol. The molecule has 0 aliphatic carbocycles. The molecule has 6 heteroatoms. The fourth-order valence-electron chi connectivity index (χ4n) is 2.17. The van der Waals surface area contributed by atoms with E-state index in [1.807, 2.05) is 18.2 Å². The van der Waals surface area contributed by atoms with E-state index in [9.17, 15) is 4.39 Å². The summed E-state index contributed by atoms with van der Waals surface area (Å²) in [5.41, 5.74) is 1.60. The fraction of sp³-hybridized carbons (Fsp3) is 0.200. The van der Waals surface area contributed by atoms with Crippen LogP contribution in [-0.4, -0.2) is 13.2 Å². The van der Waals surface area contributed by atoms with E-state index in [0.29, 0.717) is 34.9 Å². The van der Waals surface area contributed by atoms with Crippen LogP contribution in [0.1, 0.15) is 5.56 Å². The number of halogens is 3. The Balaban J connectivity index is 1.83. The van der Waals surface area contributed by atoms with E-state index < -0.39 is 0 Å². The Labute approximate surface area is 135 Å². The maximum absolute atomic E-state index is 13.2. The highest BCUT2D eigenvalue weighted by atomic mass is 79.9. The summed E-state index contributed by atoms with van der Waals surface area (Å²) in [4.78, 5) is 0. The third kappa shape index (κ3) is 3.09. The molecule has 3 rings (SSSR count). The molecule has 0 atom stereocenters. The summed E-state index contributed by atoms with van der Waals surface area (Å²) in [7, 11) is 0. The van der Waals surface area contributed by atoms with E-state index in [0.717, 1.165) is 17.1 Å². The van der Waals surface area contributed by atoms with Crippen LogP contribution in [0.2, 0.25) is 5.02 Å². The van der Waals surface area contributed by atoms with Gasteiger partial charge in [0.25, 0.3) is 0 Å². The molecule has 110 valence electrons. The van der Waals surface area contributed by atoms with Crippen molar-refractivity contribution in [3.05, 3.63) is 51.2 Å². The topological polar surface area (TPSA) is 30.5 Å². The second-order valence-corrected chi connectivity index (χ2v) is 5.80. The number of hydrogen-bond acceptors (Lipinski definition) is 3. The summed E-state index contributed by atoms with van der Waals surface area (Å²) >= 11 is 9.36. The van der Waals surface area contributed by atoms with Crippen LogP contribution in [0.5, 0.6) is 11.5 Å². The first kappa shape index (κ1) is 14.5. The van der Waals surface area contributed by atoms with Gasteiger partial charge >= 0.3 is 0 Å². The molecule has 1 aliphatic heterocycles. The molecule has 1 N–H and O–H groups in total. The minimum Gasteiger partial charge on any atom is -0.486 e. The zero-order valence-electron chi connectivity index (χ0n) is 11.0. The van der Waals surface area contributed by atoms with Crippen molar-refractivity contribution >= 4 is 33.2 Å². The van der Waals surface area contributed by atoms with Crippen molar-refractivity contribution < 1.29 is 13.9 Å². The maximum atomic E-state index is 13.2. The average Bonchev–Trinajstić information content (AvgIpc) is 2.46. The van der Waals surface area contributed by atoms with E-state index in [4.69, 9.17) is 21.1 Å². The molecule has 0 spiro atoms. The van der Waals surface area contributed by atoms with E-state index in [1.54, 1.807) is 0 Å². The number of nitrogens with one attached hydrogen (secondary N) is 1. The molecule has 0 radical (unpaired) electrons. The lowest BCUT2D eigenvalue weighted by Gasteiger charge is -2.21. The van der Waals surface area contributed by atoms with E-state index in [2.05, 4.69) is 21.2 Å². The van der Waals surface area contributed by atoms with Crippen molar-refractivity contribution in [2.45, 2.75) is 6.54 Å². The van der Waals surface area contributed by atoms with Gasteiger partial charge in [-0.15, -0.1) is 0 Å². The minimum atomic E-state index is -0.383. The first-order valence-electron chi connectivity index (χ1n) is 6.41. The molecule has 1 heterocycles. The van der Waals surface area contributed by atoms with Gasteiger partial charge in [0.2, 0.25) is 0 Å². The summed E-state index contributed by atoms with van der Waals surface area (Å²) in [6.07, 6.45) is 0. The van der Waals surface area contributed by atoms with Gasteiger partial charge in [-0.1, -0.05) is 23.7 Å². The summed E-state index contributed by atoms with van der Waals surface area (Å²) in [5.74, 6) is 1.10. The predicted octanol–water partition coefficient (Wildman–Crippen LogP) is 4.62. The number of benzene rings is 2. The highest BCUT2D eigenvalue weighted by Gasteiger charge is 2.16. The smallest absolute Gasteiger partial charge is 0.166 e. The quantitative estimate of drug-likeness (QED) is 0.852. The summed E-state index contributed by atoms with van der Waals surface area (Å²) in [5, 5.41) is 3.52. The van der Waals surface area contributed by atoms with Gasteiger partial charge in [-0.2, -0.15) is 0 Å². The molecule has 21 heavy (non-hydrogen) atoms. The van der Waals surface area contributed by atoms with E-state index >= 15 is 0 Å². The van der Waals surface area contributed by atoms with Crippen molar-refractivity contribution in [1.29, 1.82) is 0 Å². The van der Waals surface area contributed by atoms with Gasteiger partial charge in [0.15, 0.2) is 11.5 Å². The van der Waals surface area contributed by atoms with Crippen LogP contribution in [0, 0.1) is 5.82 Å². The normalized spacial score (nSPS) is 13.1. The molecule has 2 aromatic rings. The Morgan fingerprint density at radius 3 is 2.86 bits per heavy atom. The highest BCUT2D eigenvalue weighted by Crippen LogP contribution is 2.36. The standard InChI is InChI=1S/C15H12BrClFNO2/c16-11-6-10(18)7-12(17)14(11)19-8-9-2-1-3-13-15(9)21-5-4-20-13/h1-3,6-7,19H,4-5,8H2. The van der Waals surface area contributed by atoms with Gasteiger partial charge < -0.3 is 14.8 Å². The molecule has 0 aromatic heterocycles. The number of anilines is 1. The second-order valence-electron chi connectivity index (χ2n) is 4.54. The van der Waals surface area contributed by atoms with Crippen LogP contribution in [0.3, 0.4) is 0 Å². The predicted molar refractivity (Wildman–Crippen MR) is 83.9 cm³/mol. The van der Waals surface area contributed by atoms with Gasteiger partial charge in [0.1, 0.15) is 19.0 Å². The summed E-state index contributed by atoms with van der Waals surface area (Å²) in [6, 6.07) is 8.37. The monoisotopic (exact) mass is 371 g/mol. The minimum absolute atomic E-state index is 0.323. The van der Waals surface area contributed by atoms with Crippen molar-refractivity contribution in [2.75, 3.05) is 18.5 Å². The van der Waals surface area contributed by atoms with Crippen LogP contribution in [0.4, 0.5) is 10.1 Å². The molecule has 0 saturated carbocycles. The molecule has 2 aromatic carbocycles. The molecule has 0 amide bonds. The Kier molecular flexibility index (Phi) is 4.22. The number of ether oxygens (including phenoxy) is 2. The van der Waals surface area contributed by atoms with E-state index in [-0.39, 0.29) is 5.82 Å². The van der Waals surface area contributed by atoms with Gasteiger partial charge in [-0.25, -0.2) is 4.39 Å². The van der Waals surface area contributed by atoms with Crippen LogP contribution < -0.4 is 14.8 Å². The number of para-hydroxylation sites is 1. The van der Waals surface area contributed by atoms with Crippen molar-refractivity contribution in [2.24, 2.45) is 0 Å². The van der Waals surface area contributed by atoms with Crippen LogP contribution in [-0.2, 0) is 6.54 Å². The molecular weight excluding hydrogens is 361 g/mol. The van der Waals surface area contributed by atoms with Gasteiger partial charge in [-0.3, -0.25) is 0 Å². The Bertz CT molecular complexity index is 658. The molecule has 0 saturated heterocycles. The Morgan fingerprint density at radius 1 is 1.24 bits per heavy atom. The molecule has 0 unspecified atom stereocenters. The largest absolute Gasteiger partial charge is 0.486 e. The number of fused-ring (bicyclic) bond motifs is 1. The molecule has 3 nitrogen and oxygen atoms in total. The lowest BCUT2D eigenvalue weighted by molar-refractivity contribution is 0.170. The molecular formula is C15H12BrClFNO2. The van der Waals surface area contributed by atoms with Crippen LogP contribution in [0.25, 0.3) is 0 Å². The van der Waals surface area contributed by atoms with Crippen molar-refractivity contribution in [3.8, 4) is 11.5 Å². The first-order valence-corrected chi connectivity index (χ1v) is 7.58. The van der Waals surface area contributed by atoms with Gasteiger partial charge in [0.05, 0.1) is 10.7 Å². The third-order valence-electron chi connectivity index (χ3n) is 3.11. The van der Waals surface area contributed by atoms with Gasteiger partial charge in [-0.05, 0) is 34.1 Å². The lowest BCUT2D eigenvalue weighted by Crippen LogP contribution is -2.17. The molecule has 0 fully saturated rings. The highest BCUT2D eigenvalue weighted by molar-refractivity contribution is 9.10. The first-order chi connectivity index (χ1) is 10.1. The van der Waals surface area contributed by atoms with E-state index in [1.165, 1.54) is 12.1 Å². The van der Waals surface area contributed by atoms with Crippen LogP contribution >= 0.6 is 27.5 Å². The molecule has 1 aliphatic rings. The zero-order chi connectivity index (χ0) is 14.8.